The number of amides is 1. The second-order valence-electron chi connectivity index (χ2n) is 5.52. The molecule has 1 amide bonds. The Kier molecular flexibility index (Phi) is 6.07. The van der Waals surface area contributed by atoms with Gasteiger partial charge in [-0.2, -0.15) is 5.10 Å². The maximum Gasteiger partial charge on any atom is 0.273 e. The highest BCUT2D eigenvalue weighted by Crippen LogP contribution is 2.23. The van der Waals surface area contributed by atoms with E-state index in [9.17, 15) is 13.2 Å². The predicted molar refractivity (Wildman–Crippen MR) is 110 cm³/mol. The van der Waals surface area contributed by atoms with Crippen LogP contribution in [0.2, 0.25) is 0 Å². The molecule has 1 aromatic heterocycles. The van der Waals surface area contributed by atoms with E-state index in [4.69, 9.17) is 4.74 Å². The van der Waals surface area contributed by atoms with Crippen LogP contribution in [0.5, 0.6) is 5.75 Å². The Morgan fingerprint density at radius 2 is 1.82 bits per heavy atom. The fourth-order valence-corrected chi connectivity index (χ4v) is 4.45. The molecule has 3 rings (SSSR count). The Morgan fingerprint density at radius 1 is 1.07 bits per heavy atom. The first-order valence-corrected chi connectivity index (χ1v) is 10.5. The number of hydrogen-bond donors (Lipinski definition) is 2. The van der Waals surface area contributed by atoms with Crippen LogP contribution in [0, 0.1) is 0 Å². The van der Waals surface area contributed by atoms with Gasteiger partial charge >= 0.3 is 0 Å². The zero-order chi connectivity index (χ0) is 20.0. The van der Waals surface area contributed by atoms with Crippen LogP contribution in [0.4, 0.5) is 5.69 Å². The summed E-state index contributed by atoms with van der Waals surface area (Å²) in [5, 5.41) is 5.60. The molecule has 0 fully saturated rings. The lowest BCUT2D eigenvalue weighted by Crippen LogP contribution is -2.21. The molecule has 0 aliphatic carbocycles. The Morgan fingerprint density at radius 3 is 2.57 bits per heavy atom. The molecule has 2 N–H and O–H groups in total. The molecule has 2 aromatic carbocycles. The average Bonchev–Trinajstić information content (AvgIpc) is 3.24. The van der Waals surface area contributed by atoms with E-state index in [0.29, 0.717) is 11.3 Å². The molecule has 0 saturated carbocycles. The summed E-state index contributed by atoms with van der Waals surface area (Å²) < 4.78 is 32.7. The van der Waals surface area contributed by atoms with Gasteiger partial charge < -0.3 is 4.74 Å². The van der Waals surface area contributed by atoms with Crippen molar-refractivity contribution < 1.29 is 17.9 Å². The lowest BCUT2D eigenvalue weighted by molar-refractivity contribution is 0.0956. The van der Waals surface area contributed by atoms with Gasteiger partial charge in [0.15, 0.2) is 0 Å². The van der Waals surface area contributed by atoms with Gasteiger partial charge in [0.25, 0.3) is 15.9 Å². The molecular weight excluding hydrogens is 398 g/mol. The summed E-state index contributed by atoms with van der Waals surface area (Å²) in [5.41, 5.74) is 3.41. The van der Waals surface area contributed by atoms with E-state index in [-0.39, 0.29) is 15.5 Å². The third kappa shape index (κ3) is 4.56. The zero-order valence-electron chi connectivity index (χ0n) is 14.8. The summed E-state index contributed by atoms with van der Waals surface area (Å²) in [4.78, 5) is 12.5. The van der Waals surface area contributed by atoms with Crippen molar-refractivity contribution in [2.45, 2.75) is 4.21 Å². The van der Waals surface area contributed by atoms with Crippen molar-refractivity contribution in [2.24, 2.45) is 5.10 Å². The summed E-state index contributed by atoms with van der Waals surface area (Å²) in [6.45, 7) is 0. The molecule has 0 aliphatic rings. The molecule has 3 aromatic rings. The monoisotopic (exact) mass is 415 g/mol. The largest absolute Gasteiger partial charge is 0.496 e. The van der Waals surface area contributed by atoms with Crippen LogP contribution in [-0.4, -0.2) is 27.6 Å². The Labute approximate surface area is 166 Å². The van der Waals surface area contributed by atoms with Crippen molar-refractivity contribution in [1.82, 2.24) is 5.43 Å². The van der Waals surface area contributed by atoms with Gasteiger partial charge in [-0.15, -0.1) is 11.3 Å². The van der Waals surface area contributed by atoms with Crippen LogP contribution in [0.25, 0.3) is 0 Å². The van der Waals surface area contributed by atoms with Crippen molar-refractivity contribution in [2.75, 3.05) is 11.8 Å². The van der Waals surface area contributed by atoms with Crippen LogP contribution in [0.1, 0.15) is 15.9 Å². The Hall–Kier alpha value is -3.17. The minimum Gasteiger partial charge on any atom is -0.496 e. The molecule has 7 nitrogen and oxygen atoms in total. The molecule has 0 unspecified atom stereocenters. The van der Waals surface area contributed by atoms with Crippen LogP contribution in [-0.2, 0) is 10.0 Å². The average molecular weight is 415 g/mol. The second-order valence-corrected chi connectivity index (χ2v) is 8.38. The lowest BCUT2D eigenvalue weighted by Gasteiger charge is -2.10. The Balaban J connectivity index is 1.77. The van der Waals surface area contributed by atoms with E-state index in [0.717, 1.165) is 11.3 Å². The number of carbonyl (C=O) groups is 1. The predicted octanol–water partition coefficient (Wildman–Crippen LogP) is 3.32. The van der Waals surface area contributed by atoms with Gasteiger partial charge in [-0.3, -0.25) is 9.52 Å². The molecule has 0 aliphatic heterocycles. The number of carbonyl (C=O) groups excluding carboxylic acids is 1. The number of rotatable bonds is 7. The number of hydrazone groups is 1. The summed E-state index contributed by atoms with van der Waals surface area (Å²) >= 11 is 1.09. The van der Waals surface area contributed by atoms with Crippen molar-refractivity contribution in [3.63, 3.8) is 0 Å². The molecule has 0 saturated heterocycles. The number of methoxy groups -OCH3 is 1. The smallest absolute Gasteiger partial charge is 0.273 e. The number of thiophene rings is 1. The van der Waals surface area contributed by atoms with E-state index in [1.165, 1.54) is 24.4 Å². The van der Waals surface area contributed by atoms with Gasteiger partial charge in [-0.05, 0) is 35.7 Å². The molecular formula is C19H17N3O4S2. The first-order valence-electron chi connectivity index (χ1n) is 8.13. The van der Waals surface area contributed by atoms with Crippen molar-refractivity contribution in [1.29, 1.82) is 0 Å². The van der Waals surface area contributed by atoms with E-state index in [2.05, 4.69) is 15.2 Å². The second kappa shape index (κ2) is 8.68. The minimum atomic E-state index is -3.76. The number of sulfonamides is 1. The number of anilines is 1. The van der Waals surface area contributed by atoms with Crippen LogP contribution in [0.15, 0.2) is 75.4 Å². The summed E-state index contributed by atoms with van der Waals surface area (Å²) in [6.07, 6.45) is 1.45. The molecule has 0 atom stereocenters. The van der Waals surface area contributed by atoms with Gasteiger partial charge in [0.05, 0.1) is 24.6 Å². The number of para-hydroxylation sites is 2. The van der Waals surface area contributed by atoms with E-state index < -0.39 is 15.9 Å². The normalized spacial score (nSPS) is 11.3. The van der Waals surface area contributed by atoms with Crippen molar-refractivity contribution in [3.8, 4) is 5.75 Å². The molecule has 144 valence electrons. The number of nitrogens with zero attached hydrogens (tertiary/aromatic N) is 1. The molecule has 28 heavy (non-hydrogen) atoms. The molecule has 9 heteroatoms. The van der Waals surface area contributed by atoms with Crippen molar-refractivity contribution >= 4 is 39.2 Å². The fourth-order valence-electron chi connectivity index (χ4n) is 2.38. The van der Waals surface area contributed by atoms with Crippen LogP contribution >= 0.6 is 11.3 Å². The number of nitrogens with one attached hydrogen (secondary N) is 2. The highest BCUT2D eigenvalue weighted by atomic mass is 32.2. The summed E-state index contributed by atoms with van der Waals surface area (Å²) in [6, 6.07) is 16.7. The maximum atomic E-state index is 12.5. The van der Waals surface area contributed by atoms with Gasteiger partial charge in [-0.1, -0.05) is 30.3 Å². The third-order valence-electron chi connectivity index (χ3n) is 3.68. The molecule has 0 bridgehead atoms. The van der Waals surface area contributed by atoms with E-state index >= 15 is 0 Å². The maximum absolute atomic E-state index is 12.5. The lowest BCUT2D eigenvalue weighted by atomic mass is 10.2. The standard InChI is InChI=1S/C19H17N3O4S2/c1-26-17-10-5-2-7-14(17)13-20-21-19(23)15-8-3-4-9-16(15)22-28(24,25)18-11-6-12-27-18/h2-13,22H,1H3,(H,21,23)/b20-13+. The first-order chi connectivity index (χ1) is 13.5. The van der Waals surface area contributed by atoms with E-state index in [1.54, 1.807) is 42.8 Å². The third-order valence-corrected chi connectivity index (χ3v) is 6.45. The summed E-state index contributed by atoms with van der Waals surface area (Å²) in [7, 11) is -2.22. The number of hydrogen-bond acceptors (Lipinski definition) is 6. The number of benzene rings is 2. The molecule has 0 radical (unpaired) electrons. The quantitative estimate of drug-likeness (QED) is 0.457. The number of ether oxygens (including phenoxy) is 1. The first kappa shape index (κ1) is 19.6. The van der Waals surface area contributed by atoms with Crippen molar-refractivity contribution in [3.05, 3.63) is 77.2 Å². The van der Waals surface area contributed by atoms with E-state index in [1.807, 2.05) is 12.1 Å². The van der Waals surface area contributed by atoms with Gasteiger partial charge in [0, 0.05) is 5.56 Å². The minimum absolute atomic E-state index is 0.153. The van der Waals surface area contributed by atoms with Crippen LogP contribution in [0.3, 0.4) is 0 Å². The SMILES string of the molecule is COc1ccccc1/C=N/NC(=O)c1ccccc1NS(=O)(=O)c1cccs1. The molecule has 1 heterocycles. The topological polar surface area (TPSA) is 96.9 Å². The molecule has 0 spiro atoms. The Bertz CT molecular complexity index is 1090. The van der Waals surface area contributed by atoms with Crippen LogP contribution < -0.4 is 14.9 Å². The fraction of sp³-hybridized carbons (Fsp3) is 0.0526. The summed E-state index contributed by atoms with van der Waals surface area (Å²) in [5.74, 6) is 0.0697. The highest BCUT2D eigenvalue weighted by molar-refractivity contribution is 7.94. The zero-order valence-corrected chi connectivity index (χ0v) is 16.5. The van der Waals surface area contributed by atoms with Gasteiger partial charge in [0.2, 0.25) is 0 Å². The van der Waals surface area contributed by atoms with Gasteiger partial charge in [0.1, 0.15) is 9.96 Å². The highest BCUT2D eigenvalue weighted by Gasteiger charge is 2.19. The van der Waals surface area contributed by atoms with Gasteiger partial charge in [-0.25, -0.2) is 13.8 Å².